The molecule has 0 aromatic heterocycles. The SMILES string of the molecule is COC1(C(=O)NCC(C)Oc2ccc(Cl)cc2)CCNCC1. The normalized spacial score (nSPS) is 18.5. The zero-order valence-electron chi connectivity index (χ0n) is 13.0. The molecular weight excluding hydrogens is 304 g/mol. The van der Waals surface area contributed by atoms with Crippen molar-refractivity contribution in [2.45, 2.75) is 31.5 Å². The van der Waals surface area contributed by atoms with Crippen LogP contribution in [0.4, 0.5) is 0 Å². The van der Waals surface area contributed by atoms with Gasteiger partial charge >= 0.3 is 0 Å². The van der Waals surface area contributed by atoms with Crippen molar-refractivity contribution in [3.8, 4) is 5.75 Å². The summed E-state index contributed by atoms with van der Waals surface area (Å²) in [5, 5.41) is 6.84. The number of hydrogen-bond acceptors (Lipinski definition) is 4. The largest absolute Gasteiger partial charge is 0.489 e. The number of hydrogen-bond donors (Lipinski definition) is 2. The second kappa shape index (κ2) is 7.81. The van der Waals surface area contributed by atoms with E-state index in [4.69, 9.17) is 21.1 Å². The van der Waals surface area contributed by atoms with E-state index < -0.39 is 5.60 Å². The van der Waals surface area contributed by atoms with Gasteiger partial charge in [0.2, 0.25) is 0 Å². The van der Waals surface area contributed by atoms with E-state index in [1.807, 2.05) is 19.1 Å². The highest BCUT2D eigenvalue weighted by Crippen LogP contribution is 2.22. The third kappa shape index (κ3) is 4.35. The summed E-state index contributed by atoms with van der Waals surface area (Å²) in [7, 11) is 1.60. The first-order chi connectivity index (χ1) is 10.6. The van der Waals surface area contributed by atoms with E-state index in [0.717, 1.165) is 18.8 Å². The fourth-order valence-corrected chi connectivity index (χ4v) is 2.67. The number of carbonyl (C=O) groups excluding carboxylic acids is 1. The molecule has 1 aromatic carbocycles. The van der Waals surface area contributed by atoms with Crippen molar-refractivity contribution in [3.63, 3.8) is 0 Å². The summed E-state index contributed by atoms with van der Waals surface area (Å²) in [5.41, 5.74) is -0.717. The Morgan fingerprint density at radius 2 is 2.00 bits per heavy atom. The molecule has 0 aliphatic carbocycles. The number of piperidine rings is 1. The van der Waals surface area contributed by atoms with Crippen LogP contribution in [0.2, 0.25) is 5.02 Å². The lowest BCUT2D eigenvalue weighted by molar-refractivity contribution is -0.147. The van der Waals surface area contributed by atoms with E-state index in [1.165, 1.54) is 0 Å². The van der Waals surface area contributed by atoms with Gasteiger partial charge in [-0.2, -0.15) is 0 Å². The lowest BCUT2D eigenvalue weighted by Gasteiger charge is -2.35. The Balaban J connectivity index is 1.83. The quantitative estimate of drug-likeness (QED) is 0.839. The van der Waals surface area contributed by atoms with Crippen LogP contribution >= 0.6 is 11.6 Å². The van der Waals surface area contributed by atoms with Crippen LogP contribution in [0.3, 0.4) is 0 Å². The maximum Gasteiger partial charge on any atom is 0.252 e. The van der Waals surface area contributed by atoms with E-state index in [0.29, 0.717) is 24.4 Å². The third-order valence-electron chi connectivity index (χ3n) is 3.92. The first kappa shape index (κ1) is 17.1. The van der Waals surface area contributed by atoms with E-state index in [2.05, 4.69) is 10.6 Å². The van der Waals surface area contributed by atoms with Crippen molar-refractivity contribution in [1.29, 1.82) is 0 Å². The standard InChI is InChI=1S/C16H23ClN2O3/c1-12(22-14-5-3-13(17)4-6-14)11-19-15(20)16(21-2)7-9-18-10-8-16/h3-6,12,18H,7-11H2,1-2H3,(H,19,20). The number of amides is 1. The first-order valence-electron chi connectivity index (χ1n) is 7.52. The molecule has 1 amide bonds. The Morgan fingerprint density at radius 1 is 1.36 bits per heavy atom. The molecule has 1 atom stereocenters. The molecule has 1 fully saturated rings. The van der Waals surface area contributed by atoms with E-state index in [1.54, 1.807) is 19.2 Å². The van der Waals surface area contributed by atoms with Crippen LogP contribution in [-0.4, -0.2) is 44.4 Å². The van der Waals surface area contributed by atoms with Gasteiger partial charge in [0.1, 0.15) is 17.5 Å². The van der Waals surface area contributed by atoms with Gasteiger partial charge in [-0.1, -0.05) is 11.6 Å². The molecule has 5 nitrogen and oxygen atoms in total. The summed E-state index contributed by atoms with van der Waals surface area (Å²) < 4.78 is 11.2. The van der Waals surface area contributed by atoms with Gasteiger partial charge in [-0.25, -0.2) is 0 Å². The molecule has 122 valence electrons. The van der Waals surface area contributed by atoms with Crippen LogP contribution in [-0.2, 0) is 9.53 Å². The van der Waals surface area contributed by atoms with Crippen molar-refractivity contribution in [2.75, 3.05) is 26.7 Å². The predicted octanol–water partition coefficient (Wildman–Crippen LogP) is 1.99. The number of nitrogens with one attached hydrogen (secondary N) is 2. The Morgan fingerprint density at radius 3 is 2.59 bits per heavy atom. The molecule has 2 N–H and O–H groups in total. The van der Waals surface area contributed by atoms with Crippen LogP contribution in [0.5, 0.6) is 5.75 Å². The maximum atomic E-state index is 12.4. The summed E-state index contributed by atoms with van der Waals surface area (Å²) in [6, 6.07) is 7.17. The topological polar surface area (TPSA) is 59.6 Å². The number of ether oxygens (including phenoxy) is 2. The van der Waals surface area contributed by atoms with Crippen molar-refractivity contribution in [3.05, 3.63) is 29.3 Å². The summed E-state index contributed by atoms with van der Waals surface area (Å²) in [6.45, 7) is 3.92. The van der Waals surface area contributed by atoms with Gasteiger partial charge < -0.3 is 20.1 Å². The average molecular weight is 327 g/mol. The predicted molar refractivity (Wildman–Crippen MR) is 86.4 cm³/mol. The zero-order chi connectivity index (χ0) is 16.0. The summed E-state index contributed by atoms with van der Waals surface area (Å²) in [6.07, 6.45) is 1.23. The fourth-order valence-electron chi connectivity index (χ4n) is 2.54. The van der Waals surface area contributed by atoms with Crippen molar-refractivity contribution < 1.29 is 14.3 Å². The first-order valence-corrected chi connectivity index (χ1v) is 7.90. The molecule has 6 heteroatoms. The van der Waals surface area contributed by atoms with Gasteiger partial charge in [-0.3, -0.25) is 4.79 Å². The highest BCUT2D eigenvalue weighted by atomic mass is 35.5. The summed E-state index contributed by atoms with van der Waals surface area (Å²) in [5.74, 6) is 0.664. The van der Waals surface area contributed by atoms with Crippen LogP contribution in [0.1, 0.15) is 19.8 Å². The molecule has 1 aromatic rings. The molecule has 1 aliphatic heterocycles. The summed E-state index contributed by atoms with van der Waals surface area (Å²) in [4.78, 5) is 12.4. The molecule has 1 aliphatic rings. The highest BCUT2D eigenvalue weighted by Gasteiger charge is 2.39. The lowest BCUT2D eigenvalue weighted by Crippen LogP contribution is -2.55. The van der Waals surface area contributed by atoms with E-state index in [9.17, 15) is 4.79 Å². The molecule has 1 unspecified atom stereocenters. The Kier molecular flexibility index (Phi) is 6.06. The summed E-state index contributed by atoms with van der Waals surface area (Å²) >= 11 is 5.84. The van der Waals surface area contributed by atoms with Gasteiger partial charge in [0.25, 0.3) is 5.91 Å². The van der Waals surface area contributed by atoms with Gasteiger partial charge in [0.05, 0.1) is 6.54 Å². The molecule has 0 saturated carbocycles. The van der Waals surface area contributed by atoms with Gasteiger partial charge in [0, 0.05) is 12.1 Å². The number of benzene rings is 1. The molecule has 0 radical (unpaired) electrons. The monoisotopic (exact) mass is 326 g/mol. The second-order valence-electron chi connectivity index (χ2n) is 5.54. The van der Waals surface area contributed by atoms with Crippen LogP contribution in [0, 0.1) is 0 Å². The Hall–Kier alpha value is -1.30. The third-order valence-corrected chi connectivity index (χ3v) is 4.17. The minimum Gasteiger partial charge on any atom is -0.489 e. The lowest BCUT2D eigenvalue weighted by atomic mass is 9.91. The van der Waals surface area contributed by atoms with Crippen molar-refractivity contribution >= 4 is 17.5 Å². The highest BCUT2D eigenvalue weighted by molar-refractivity contribution is 6.30. The molecule has 22 heavy (non-hydrogen) atoms. The van der Waals surface area contributed by atoms with E-state index >= 15 is 0 Å². The number of halogens is 1. The Bertz CT molecular complexity index is 487. The smallest absolute Gasteiger partial charge is 0.252 e. The maximum absolute atomic E-state index is 12.4. The zero-order valence-corrected chi connectivity index (χ0v) is 13.8. The molecule has 1 saturated heterocycles. The van der Waals surface area contributed by atoms with Crippen molar-refractivity contribution in [2.24, 2.45) is 0 Å². The van der Waals surface area contributed by atoms with Gasteiger partial charge in [-0.05, 0) is 57.1 Å². The number of rotatable bonds is 6. The minimum absolute atomic E-state index is 0.0666. The number of carbonyl (C=O) groups is 1. The molecule has 0 bridgehead atoms. The fraction of sp³-hybridized carbons (Fsp3) is 0.562. The van der Waals surface area contributed by atoms with Crippen LogP contribution < -0.4 is 15.4 Å². The molecule has 0 spiro atoms. The van der Waals surface area contributed by atoms with E-state index in [-0.39, 0.29) is 12.0 Å². The second-order valence-corrected chi connectivity index (χ2v) is 5.98. The average Bonchev–Trinajstić information content (AvgIpc) is 2.55. The number of methoxy groups -OCH3 is 1. The molecular formula is C16H23ClN2O3. The molecule has 2 rings (SSSR count). The van der Waals surface area contributed by atoms with Crippen LogP contribution in [0.25, 0.3) is 0 Å². The molecule has 1 heterocycles. The minimum atomic E-state index is -0.717. The van der Waals surface area contributed by atoms with Crippen LogP contribution in [0.15, 0.2) is 24.3 Å². The van der Waals surface area contributed by atoms with Crippen molar-refractivity contribution in [1.82, 2.24) is 10.6 Å². The van der Waals surface area contributed by atoms with Gasteiger partial charge in [0.15, 0.2) is 0 Å². The Labute approximate surface area is 136 Å². The van der Waals surface area contributed by atoms with Gasteiger partial charge in [-0.15, -0.1) is 0 Å².